The molecule has 2 N–H and O–H groups in total. The van der Waals surface area contributed by atoms with Gasteiger partial charge in [0.2, 0.25) is 0 Å². The average molecular weight is 335 g/mol. The van der Waals surface area contributed by atoms with Gasteiger partial charge in [0, 0.05) is 18.7 Å². The van der Waals surface area contributed by atoms with E-state index < -0.39 is 7.82 Å². The Bertz CT molecular complexity index is 497. The Morgan fingerprint density at radius 3 is 2.50 bits per heavy atom. The normalized spacial score (nSPS) is 14.3. The van der Waals surface area contributed by atoms with Crippen molar-refractivity contribution >= 4 is 42.6 Å². The summed E-state index contributed by atoms with van der Waals surface area (Å²) in [5.41, 5.74) is 2.55. The predicted octanol–water partition coefficient (Wildman–Crippen LogP) is 3.84. The highest BCUT2D eigenvalue weighted by Gasteiger charge is 2.26. The number of hydrogen-bond acceptors (Lipinski definition) is 4. The maximum absolute atomic E-state index is 11.5. The Hall–Kier alpha value is -0.0000000000000000555. The fourth-order valence-corrected chi connectivity index (χ4v) is 2.70. The van der Waals surface area contributed by atoms with Crippen LogP contribution in [-0.2, 0) is 15.6 Å². The monoisotopic (exact) mass is 333 g/mol. The molecule has 1 aromatic rings. The van der Waals surface area contributed by atoms with Gasteiger partial charge in [0.05, 0.1) is 15.1 Å². The zero-order valence-corrected chi connectivity index (χ0v) is 12.7. The lowest BCUT2D eigenvalue weighted by Gasteiger charge is -2.16. The van der Waals surface area contributed by atoms with Crippen LogP contribution in [0.3, 0.4) is 0 Å². The topological polar surface area (TPSA) is 67.8 Å². The van der Waals surface area contributed by atoms with Crippen molar-refractivity contribution in [3.63, 3.8) is 0 Å². The standard InChI is InChI=1S/C9H11Cl3NO4P/c1-3-5-7(16-18(14,15)17-13-2)4-6(10)9(12)8(5)11/h4,13H,3H2,1-2H3,(H,14,15). The third kappa shape index (κ3) is 3.75. The van der Waals surface area contributed by atoms with Crippen LogP contribution in [-0.4, -0.2) is 11.9 Å². The minimum absolute atomic E-state index is 0.0537. The van der Waals surface area contributed by atoms with Crippen LogP contribution in [0.1, 0.15) is 12.5 Å². The lowest BCUT2D eigenvalue weighted by molar-refractivity contribution is 0.146. The maximum Gasteiger partial charge on any atom is 0.544 e. The molecule has 1 rings (SSSR count). The second-order valence-electron chi connectivity index (χ2n) is 3.17. The van der Waals surface area contributed by atoms with E-state index in [2.05, 4.69) is 10.1 Å². The van der Waals surface area contributed by atoms with E-state index in [1.807, 2.05) is 0 Å². The summed E-state index contributed by atoms with van der Waals surface area (Å²) in [4.78, 5) is 9.37. The van der Waals surface area contributed by atoms with E-state index >= 15 is 0 Å². The summed E-state index contributed by atoms with van der Waals surface area (Å²) in [5.74, 6) is 0.0537. The van der Waals surface area contributed by atoms with Gasteiger partial charge in [-0.2, -0.15) is 10.1 Å². The van der Waals surface area contributed by atoms with E-state index in [4.69, 9.17) is 39.3 Å². The molecule has 18 heavy (non-hydrogen) atoms. The molecule has 0 spiro atoms. The first-order valence-corrected chi connectivity index (χ1v) is 7.49. The first kappa shape index (κ1) is 16.1. The summed E-state index contributed by atoms with van der Waals surface area (Å²) in [6.07, 6.45) is 0.449. The van der Waals surface area contributed by atoms with Crippen LogP contribution in [0.15, 0.2) is 6.07 Å². The van der Waals surface area contributed by atoms with Gasteiger partial charge >= 0.3 is 7.82 Å². The Kier molecular flexibility index (Phi) is 5.74. The molecular formula is C9H11Cl3NO4P. The number of rotatable bonds is 5. The largest absolute Gasteiger partial charge is 0.544 e. The van der Waals surface area contributed by atoms with Gasteiger partial charge < -0.3 is 4.52 Å². The van der Waals surface area contributed by atoms with Crippen LogP contribution >= 0.6 is 42.6 Å². The van der Waals surface area contributed by atoms with Crippen LogP contribution in [0.5, 0.6) is 5.75 Å². The summed E-state index contributed by atoms with van der Waals surface area (Å²) in [6, 6.07) is 1.32. The van der Waals surface area contributed by atoms with Crippen molar-refractivity contribution in [3.8, 4) is 5.75 Å². The second kappa shape index (κ2) is 6.44. The summed E-state index contributed by atoms with van der Waals surface area (Å²) in [5, 5.41) is 0.481. The van der Waals surface area contributed by atoms with Gasteiger partial charge in [0.15, 0.2) is 0 Å². The molecule has 0 saturated carbocycles. The first-order valence-electron chi connectivity index (χ1n) is 4.86. The van der Waals surface area contributed by atoms with Crippen molar-refractivity contribution in [2.24, 2.45) is 0 Å². The third-order valence-corrected chi connectivity index (χ3v) is 4.14. The van der Waals surface area contributed by atoms with Crippen molar-refractivity contribution < 1.29 is 18.6 Å². The quantitative estimate of drug-likeness (QED) is 0.486. The van der Waals surface area contributed by atoms with Crippen LogP contribution in [0.4, 0.5) is 0 Å². The molecular weight excluding hydrogens is 323 g/mol. The summed E-state index contributed by atoms with van der Waals surface area (Å²) >= 11 is 17.7. The number of hydroxylamine groups is 1. The highest BCUT2D eigenvalue weighted by atomic mass is 35.5. The number of benzene rings is 1. The highest BCUT2D eigenvalue weighted by Crippen LogP contribution is 2.47. The van der Waals surface area contributed by atoms with Crippen LogP contribution in [0.25, 0.3) is 0 Å². The van der Waals surface area contributed by atoms with Gasteiger partial charge in [-0.05, 0) is 6.42 Å². The molecule has 0 heterocycles. The molecule has 0 aromatic heterocycles. The number of nitrogens with one attached hydrogen (secondary N) is 1. The van der Waals surface area contributed by atoms with Crippen LogP contribution in [0, 0.1) is 0 Å². The fourth-order valence-electron chi connectivity index (χ4n) is 1.28. The number of phosphoric acid groups is 1. The lowest BCUT2D eigenvalue weighted by atomic mass is 10.1. The van der Waals surface area contributed by atoms with Crippen molar-refractivity contribution in [2.75, 3.05) is 7.05 Å². The lowest BCUT2D eigenvalue weighted by Crippen LogP contribution is -2.09. The summed E-state index contributed by atoms with van der Waals surface area (Å²) in [6.45, 7) is 1.79. The van der Waals surface area contributed by atoms with E-state index in [0.717, 1.165) is 0 Å². The molecule has 0 aliphatic carbocycles. The molecule has 0 aliphatic heterocycles. The van der Waals surface area contributed by atoms with Gasteiger partial charge in [-0.25, -0.2) is 4.57 Å². The van der Waals surface area contributed by atoms with E-state index in [-0.39, 0.29) is 20.8 Å². The zero-order chi connectivity index (χ0) is 13.9. The first-order chi connectivity index (χ1) is 8.32. The molecule has 0 bridgehead atoms. The minimum atomic E-state index is -4.28. The molecule has 1 aromatic carbocycles. The number of halogens is 3. The maximum atomic E-state index is 11.5. The Morgan fingerprint density at radius 2 is 2.00 bits per heavy atom. The van der Waals surface area contributed by atoms with Crippen LogP contribution in [0.2, 0.25) is 15.1 Å². The second-order valence-corrected chi connectivity index (χ2v) is 5.64. The fraction of sp³-hybridized carbons (Fsp3) is 0.333. The zero-order valence-electron chi connectivity index (χ0n) is 9.54. The molecule has 1 atom stereocenters. The molecule has 1 unspecified atom stereocenters. The highest BCUT2D eigenvalue weighted by molar-refractivity contribution is 7.47. The van der Waals surface area contributed by atoms with Crippen molar-refractivity contribution in [3.05, 3.63) is 26.7 Å². The van der Waals surface area contributed by atoms with Gasteiger partial charge in [0.25, 0.3) is 0 Å². The van der Waals surface area contributed by atoms with Gasteiger partial charge in [-0.3, -0.25) is 4.89 Å². The van der Waals surface area contributed by atoms with Gasteiger partial charge in [-0.15, -0.1) is 0 Å². The van der Waals surface area contributed by atoms with E-state index in [9.17, 15) is 9.46 Å². The molecule has 5 nitrogen and oxygen atoms in total. The molecule has 0 amide bonds. The average Bonchev–Trinajstić information content (AvgIpc) is 2.26. The number of phosphoric ester groups is 1. The Balaban J connectivity index is 3.21. The molecule has 102 valence electrons. The van der Waals surface area contributed by atoms with E-state index in [0.29, 0.717) is 12.0 Å². The van der Waals surface area contributed by atoms with E-state index in [1.54, 1.807) is 6.92 Å². The number of hydrogen-bond donors (Lipinski definition) is 2. The van der Waals surface area contributed by atoms with Gasteiger partial charge in [0.1, 0.15) is 5.75 Å². The molecule has 9 heteroatoms. The van der Waals surface area contributed by atoms with Crippen molar-refractivity contribution in [2.45, 2.75) is 13.3 Å². The molecule has 0 aliphatic rings. The molecule has 0 saturated heterocycles. The molecule has 0 radical (unpaired) electrons. The summed E-state index contributed by atoms with van der Waals surface area (Å²) < 4.78 is 20.7. The minimum Gasteiger partial charge on any atom is -0.403 e. The van der Waals surface area contributed by atoms with E-state index in [1.165, 1.54) is 13.1 Å². The smallest absolute Gasteiger partial charge is 0.403 e. The van der Waals surface area contributed by atoms with Crippen LogP contribution < -0.4 is 10.0 Å². The van der Waals surface area contributed by atoms with Crippen molar-refractivity contribution in [1.82, 2.24) is 5.48 Å². The Labute approximate surface area is 120 Å². The van der Waals surface area contributed by atoms with Crippen molar-refractivity contribution in [1.29, 1.82) is 0 Å². The third-order valence-electron chi connectivity index (χ3n) is 2.00. The predicted molar refractivity (Wildman–Crippen MR) is 71.4 cm³/mol. The Morgan fingerprint density at radius 1 is 1.39 bits per heavy atom. The summed E-state index contributed by atoms with van der Waals surface area (Å²) in [7, 11) is -2.95. The molecule has 0 fully saturated rings. The SMILES string of the molecule is CCc1c(OP(=O)(O)ONC)cc(Cl)c(Cl)c1Cl. The van der Waals surface area contributed by atoms with Gasteiger partial charge in [-0.1, -0.05) is 41.7 Å².